The zero-order valence-electron chi connectivity index (χ0n) is 32.0. The first kappa shape index (κ1) is 40.9. The minimum atomic E-state index is -0.574. The van der Waals surface area contributed by atoms with Gasteiger partial charge in [-0.3, -0.25) is 14.4 Å². The molecule has 12 heteroatoms. The number of benzene rings is 6. The molecule has 3 amide bonds. The molecule has 6 aromatic carbocycles. The third-order valence-corrected chi connectivity index (χ3v) is 8.70. The van der Waals surface area contributed by atoms with Crippen LogP contribution in [0.3, 0.4) is 0 Å². The number of carbonyl (C=O) groups excluding carboxylic acids is 4. The highest BCUT2D eigenvalue weighted by molar-refractivity contribution is 6.08. The van der Waals surface area contributed by atoms with Gasteiger partial charge < -0.3 is 40.6 Å². The number of amides is 3. The molecule has 0 bridgehead atoms. The van der Waals surface area contributed by atoms with Crippen LogP contribution in [0, 0.1) is 0 Å². The van der Waals surface area contributed by atoms with Gasteiger partial charge in [0, 0.05) is 11.1 Å². The summed E-state index contributed by atoms with van der Waals surface area (Å²) in [6.45, 7) is 3.88. The number of anilines is 3. The Morgan fingerprint density at radius 1 is 0.508 bits per heavy atom. The smallest absolute Gasteiger partial charge is 0.338 e. The second kappa shape index (κ2) is 20.5. The molecule has 0 heterocycles. The number of ether oxygens (including phenoxy) is 4. The largest absolute Gasteiger partial charge is 0.487 e. The van der Waals surface area contributed by atoms with E-state index in [4.69, 9.17) is 24.7 Å². The van der Waals surface area contributed by atoms with E-state index in [1.54, 1.807) is 30.3 Å². The van der Waals surface area contributed by atoms with Crippen LogP contribution in [0.25, 0.3) is 0 Å². The Kier molecular flexibility index (Phi) is 14.2. The van der Waals surface area contributed by atoms with Crippen molar-refractivity contribution < 1.29 is 38.1 Å². The van der Waals surface area contributed by atoms with Gasteiger partial charge in [0.1, 0.15) is 43.7 Å². The van der Waals surface area contributed by atoms with Gasteiger partial charge in [0.05, 0.1) is 29.2 Å². The van der Waals surface area contributed by atoms with Crippen LogP contribution in [0.15, 0.2) is 158 Å². The van der Waals surface area contributed by atoms with Crippen molar-refractivity contribution in [2.75, 3.05) is 29.1 Å². The Labute approximate surface area is 341 Å². The normalized spacial score (nSPS) is 10.5. The standard InChI is InChI=1S/C47H42N4O8/c1-2-24-56-47(55)37-20-23-40(43(27-37)59-31-34-16-10-5-11-17-34)51-46(54)36-19-22-39(42(26-36)58-30-33-14-8-4-9-15-33)50-45(53)35-18-21-38(49-44(52)28-48)41(25-35)57-29-32-12-6-3-7-13-32/h2-23,25-27H,1,24,28-31,48H2,(H,49,52)(H,50,53)(H,51,54). The van der Waals surface area contributed by atoms with Crippen molar-refractivity contribution in [3.8, 4) is 17.2 Å². The Hall–Kier alpha value is -7.70. The molecule has 0 fully saturated rings. The number of nitrogens with two attached hydrogens (primary N) is 1. The van der Waals surface area contributed by atoms with Crippen LogP contribution in [-0.2, 0) is 29.4 Å². The zero-order valence-corrected chi connectivity index (χ0v) is 32.0. The van der Waals surface area contributed by atoms with E-state index in [0.717, 1.165) is 16.7 Å². The van der Waals surface area contributed by atoms with Crippen LogP contribution >= 0.6 is 0 Å². The van der Waals surface area contributed by atoms with Crippen molar-refractivity contribution in [3.05, 3.63) is 192 Å². The van der Waals surface area contributed by atoms with E-state index in [-0.39, 0.29) is 66.9 Å². The maximum absolute atomic E-state index is 13.8. The van der Waals surface area contributed by atoms with Gasteiger partial charge in [-0.1, -0.05) is 104 Å². The topological polar surface area (TPSA) is 167 Å². The lowest BCUT2D eigenvalue weighted by atomic mass is 10.1. The third-order valence-electron chi connectivity index (χ3n) is 8.70. The summed E-state index contributed by atoms with van der Waals surface area (Å²) < 4.78 is 23.6. The molecule has 0 aliphatic carbocycles. The lowest BCUT2D eigenvalue weighted by Crippen LogP contribution is -2.22. The quantitative estimate of drug-likeness (QED) is 0.0496. The Morgan fingerprint density at radius 2 is 0.881 bits per heavy atom. The van der Waals surface area contributed by atoms with Crippen LogP contribution in [0.5, 0.6) is 17.2 Å². The molecule has 0 radical (unpaired) electrons. The summed E-state index contributed by atoms with van der Waals surface area (Å²) >= 11 is 0. The van der Waals surface area contributed by atoms with Crippen LogP contribution in [0.2, 0.25) is 0 Å². The van der Waals surface area contributed by atoms with Gasteiger partial charge in [0.15, 0.2) is 0 Å². The predicted molar refractivity (Wildman–Crippen MR) is 226 cm³/mol. The van der Waals surface area contributed by atoms with Crippen molar-refractivity contribution in [2.24, 2.45) is 5.73 Å². The molecule has 59 heavy (non-hydrogen) atoms. The number of hydrogen-bond donors (Lipinski definition) is 4. The Balaban J connectivity index is 1.25. The van der Waals surface area contributed by atoms with Crippen molar-refractivity contribution in [2.45, 2.75) is 19.8 Å². The molecule has 5 N–H and O–H groups in total. The summed E-state index contributed by atoms with van der Waals surface area (Å²) in [6.07, 6.45) is 1.47. The maximum atomic E-state index is 13.8. The summed E-state index contributed by atoms with van der Waals surface area (Å²) in [4.78, 5) is 52.5. The van der Waals surface area contributed by atoms with Gasteiger partial charge in [0.25, 0.3) is 11.8 Å². The molecule has 6 aromatic rings. The van der Waals surface area contributed by atoms with E-state index in [0.29, 0.717) is 17.1 Å². The first-order valence-electron chi connectivity index (χ1n) is 18.6. The Morgan fingerprint density at radius 3 is 1.27 bits per heavy atom. The van der Waals surface area contributed by atoms with Gasteiger partial charge in [-0.25, -0.2) is 4.79 Å². The van der Waals surface area contributed by atoms with Gasteiger partial charge >= 0.3 is 5.97 Å². The third kappa shape index (κ3) is 11.7. The van der Waals surface area contributed by atoms with Crippen LogP contribution in [0.4, 0.5) is 17.1 Å². The fourth-order valence-electron chi connectivity index (χ4n) is 5.66. The van der Waals surface area contributed by atoms with Gasteiger partial charge in [-0.05, 0) is 71.3 Å². The monoisotopic (exact) mass is 790 g/mol. The minimum absolute atomic E-state index is 0.0357. The summed E-state index contributed by atoms with van der Waals surface area (Å²) in [5, 5.41) is 8.49. The summed E-state index contributed by atoms with van der Waals surface area (Å²) in [5.41, 5.74) is 9.80. The average Bonchev–Trinajstić information content (AvgIpc) is 3.28. The predicted octanol–water partition coefficient (Wildman–Crippen LogP) is 8.17. The van der Waals surface area contributed by atoms with Crippen molar-refractivity contribution in [3.63, 3.8) is 0 Å². The fourth-order valence-corrected chi connectivity index (χ4v) is 5.66. The molecule has 298 valence electrons. The first-order chi connectivity index (χ1) is 28.8. The van der Waals surface area contributed by atoms with Gasteiger partial charge in [-0.15, -0.1) is 0 Å². The average molecular weight is 791 g/mol. The number of carbonyl (C=O) groups is 4. The molecule has 0 atom stereocenters. The molecule has 0 spiro atoms. The fraction of sp³-hybridized carbons (Fsp3) is 0.106. The van der Waals surface area contributed by atoms with E-state index in [9.17, 15) is 19.2 Å². The molecular formula is C47H42N4O8. The van der Waals surface area contributed by atoms with Crippen LogP contribution in [-0.4, -0.2) is 36.8 Å². The summed E-state index contributed by atoms with van der Waals surface area (Å²) in [5.74, 6) is -1.26. The SMILES string of the molecule is C=CCOC(=O)c1ccc(NC(=O)c2ccc(NC(=O)c3ccc(NC(=O)CN)c(OCc4ccccc4)c3)c(OCc3ccccc3)c2)c(OCc2ccccc2)c1. The molecule has 6 rings (SSSR count). The molecule has 0 aliphatic heterocycles. The minimum Gasteiger partial charge on any atom is -0.487 e. The van der Waals surface area contributed by atoms with Crippen molar-refractivity contribution >= 4 is 40.8 Å². The second-order valence-electron chi connectivity index (χ2n) is 13.0. The molecule has 0 aromatic heterocycles. The summed E-state index contributed by atoms with van der Waals surface area (Å²) in [6, 6.07) is 42.2. The molecule has 12 nitrogen and oxygen atoms in total. The molecule has 0 aliphatic rings. The van der Waals surface area contributed by atoms with E-state index in [2.05, 4.69) is 22.5 Å². The first-order valence-corrected chi connectivity index (χ1v) is 18.6. The lowest BCUT2D eigenvalue weighted by Gasteiger charge is -2.17. The van der Waals surface area contributed by atoms with Crippen LogP contribution < -0.4 is 35.9 Å². The van der Waals surface area contributed by atoms with E-state index in [1.165, 1.54) is 30.3 Å². The van der Waals surface area contributed by atoms with Gasteiger partial charge in [-0.2, -0.15) is 0 Å². The molecule has 0 unspecified atom stereocenters. The highest BCUT2D eigenvalue weighted by atomic mass is 16.5. The zero-order chi connectivity index (χ0) is 41.4. The second-order valence-corrected chi connectivity index (χ2v) is 13.0. The number of rotatable bonds is 18. The number of hydrogen-bond acceptors (Lipinski definition) is 9. The highest BCUT2D eigenvalue weighted by Crippen LogP contribution is 2.32. The van der Waals surface area contributed by atoms with Crippen molar-refractivity contribution in [1.82, 2.24) is 0 Å². The van der Waals surface area contributed by atoms with Crippen LogP contribution in [0.1, 0.15) is 47.8 Å². The highest BCUT2D eigenvalue weighted by Gasteiger charge is 2.19. The number of nitrogens with one attached hydrogen (secondary N) is 3. The Bertz CT molecular complexity index is 2410. The number of esters is 1. The molecule has 0 saturated heterocycles. The summed E-state index contributed by atoms with van der Waals surface area (Å²) in [7, 11) is 0. The van der Waals surface area contributed by atoms with Gasteiger partial charge in [0.2, 0.25) is 5.91 Å². The molecule has 0 saturated carbocycles. The van der Waals surface area contributed by atoms with E-state index in [1.807, 2.05) is 91.0 Å². The lowest BCUT2D eigenvalue weighted by molar-refractivity contribution is -0.114. The molecular weight excluding hydrogens is 749 g/mol. The van der Waals surface area contributed by atoms with Crippen molar-refractivity contribution in [1.29, 1.82) is 0 Å². The van der Waals surface area contributed by atoms with E-state index >= 15 is 0 Å². The maximum Gasteiger partial charge on any atom is 0.338 e. The van der Waals surface area contributed by atoms with E-state index < -0.39 is 23.7 Å².